The van der Waals surface area contributed by atoms with Crippen molar-refractivity contribution in [2.24, 2.45) is 0 Å². The highest BCUT2D eigenvalue weighted by Crippen LogP contribution is 2.24. The van der Waals surface area contributed by atoms with Crippen LogP contribution in [0.1, 0.15) is 37.2 Å². The number of fused-ring (bicyclic) bond motifs is 1. The highest BCUT2D eigenvalue weighted by molar-refractivity contribution is 5.85. The number of aromatic nitrogens is 3. The van der Waals surface area contributed by atoms with Crippen LogP contribution in [0.5, 0.6) is 0 Å². The molecule has 0 aliphatic carbocycles. The van der Waals surface area contributed by atoms with Crippen LogP contribution in [-0.4, -0.2) is 63.8 Å². The fourth-order valence-corrected chi connectivity index (χ4v) is 4.20. The van der Waals surface area contributed by atoms with E-state index < -0.39 is 0 Å². The van der Waals surface area contributed by atoms with E-state index in [0.717, 1.165) is 18.4 Å². The Labute approximate surface area is 198 Å². The summed E-state index contributed by atoms with van der Waals surface area (Å²) < 4.78 is 0. The fraction of sp³-hybridized carbons (Fsp3) is 0.400. The van der Waals surface area contributed by atoms with Gasteiger partial charge in [0.1, 0.15) is 17.6 Å². The van der Waals surface area contributed by atoms with E-state index in [-0.39, 0.29) is 36.7 Å². The summed E-state index contributed by atoms with van der Waals surface area (Å²) in [7, 11) is 0. The Hall–Kier alpha value is -3.75. The lowest BCUT2D eigenvalue weighted by molar-refractivity contribution is -0.137. The number of nitrogens with one attached hydrogen (secondary N) is 2. The molecule has 2 heterocycles. The van der Waals surface area contributed by atoms with Gasteiger partial charge in [-0.1, -0.05) is 42.5 Å². The molecule has 9 nitrogen and oxygen atoms in total. The number of carbonyl (C=O) groups excluding carboxylic acids is 3. The standard InChI is InChI=1S/C25H30N6O3/c32-23-12-11-20(19-7-2-1-3-8-19)13-15-27-24(33)17-30(16-6-14-26-23)25(34)18-31-28-21-9-4-5-10-22(21)29-31/h1-5,7-10,20H,6,11-18H2,(H,26,32)(H,27,33). The Morgan fingerprint density at radius 3 is 2.29 bits per heavy atom. The second-order valence-electron chi connectivity index (χ2n) is 8.52. The molecule has 1 fully saturated rings. The number of nitrogens with zero attached hydrogens (tertiary/aromatic N) is 4. The maximum absolute atomic E-state index is 13.0. The number of benzene rings is 2. The largest absolute Gasteiger partial charge is 0.356 e. The molecule has 34 heavy (non-hydrogen) atoms. The van der Waals surface area contributed by atoms with Crippen LogP contribution in [0.3, 0.4) is 0 Å². The first-order valence-electron chi connectivity index (χ1n) is 11.7. The van der Waals surface area contributed by atoms with Gasteiger partial charge < -0.3 is 15.5 Å². The zero-order valence-corrected chi connectivity index (χ0v) is 19.2. The van der Waals surface area contributed by atoms with Crippen molar-refractivity contribution in [2.75, 3.05) is 26.2 Å². The topological polar surface area (TPSA) is 109 Å². The van der Waals surface area contributed by atoms with Gasteiger partial charge in [0.05, 0.1) is 6.54 Å². The van der Waals surface area contributed by atoms with Crippen LogP contribution in [-0.2, 0) is 20.9 Å². The maximum Gasteiger partial charge on any atom is 0.246 e. The molecule has 0 bridgehead atoms. The Morgan fingerprint density at radius 1 is 0.882 bits per heavy atom. The van der Waals surface area contributed by atoms with E-state index in [1.165, 1.54) is 9.70 Å². The van der Waals surface area contributed by atoms with Gasteiger partial charge >= 0.3 is 0 Å². The SMILES string of the molecule is O=C1CCC(c2ccccc2)CCNC(=O)CN(C(=O)Cn2nc3ccccc3n2)CCCN1. The van der Waals surface area contributed by atoms with Crippen molar-refractivity contribution in [3.63, 3.8) is 0 Å². The van der Waals surface area contributed by atoms with Crippen LogP contribution < -0.4 is 10.6 Å². The van der Waals surface area contributed by atoms with Crippen LogP contribution >= 0.6 is 0 Å². The van der Waals surface area contributed by atoms with Crippen molar-refractivity contribution in [1.29, 1.82) is 0 Å². The molecule has 0 saturated carbocycles. The van der Waals surface area contributed by atoms with Crippen molar-refractivity contribution in [2.45, 2.75) is 38.1 Å². The summed E-state index contributed by atoms with van der Waals surface area (Å²) in [6.45, 7) is 1.20. The molecule has 1 atom stereocenters. The van der Waals surface area contributed by atoms with E-state index in [9.17, 15) is 14.4 Å². The van der Waals surface area contributed by atoms with Gasteiger partial charge in [0.25, 0.3) is 0 Å². The van der Waals surface area contributed by atoms with Crippen LogP contribution in [0.2, 0.25) is 0 Å². The molecular weight excluding hydrogens is 432 g/mol. The van der Waals surface area contributed by atoms with E-state index in [2.05, 4.69) is 33.0 Å². The second kappa shape index (κ2) is 11.4. The van der Waals surface area contributed by atoms with Crippen LogP contribution in [0.4, 0.5) is 0 Å². The molecule has 0 radical (unpaired) electrons. The summed E-state index contributed by atoms with van der Waals surface area (Å²) in [5.74, 6) is -0.254. The molecule has 1 aromatic heterocycles. The molecule has 3 aromatic rings. The zero-order valence-electron chi connectivity index (χ0n) is 19.2. The second-order valence-corrected chi connectivity index (χ2v) is 8.52. The molecule has 0 spiro atoms. The maximum atomic E-state index is 13.0. The van der Waals surface area contributed by atoms with Crippen molar-refractivity contribution >= 4 is 28.8 Å². The Morgan fingerprint density at radius 2 is 1.56 bits per heavy atom. The van der Waals surface area contributed by atoms with E-state index in [4.69, 9.17) is 0 Å². The molecular formula is C25H30N6O3. The summed E-state index contributed by atoms with van der Waals surface area (Å²) >= 11 is 0. The van der Waals surface area contributed by atoms with Crippen molar-refractivity contribution in [3.8, 4) is 0 Å². The molecule has 1 aliphatic heterocycles. The number of hydrogen-bond acceptors (Lipinski definition) is 5. The summed E-state index contributed by atoms with van der Waals surface area (Å²) in [6.07, 6.45) is 2.43. The number of hydrogen-bond donors (Lipinski definition) is 2. The Balaban J connectivity index is 1.41. The van der Waals surface area contributed by atoms with E-state index >= 15 is 0 Å². The van der Waals surface area contributed by atoms with Gasteiger partial charge in [-0.05, 0) is 42.9 Å². The molecule has 4 rings (SSSR count). The predicted molar refractivity (Wildman–Crippen MR) is 128 cm³/mol. The highest BCUT2D eigenvalue weighted by Gasteiger charge is 2.20. The molecule has 2 aromatic carbocycles. The summed E-state index contributed by atoms with van der Waals surface area (Å²) in [5, 5.41) is 14.6. The molecule has 3 amide bonds. The Kier molecular flexibility index (Phi) is 7.85. The smallest absolute Gasteiger partial charge is 0.246 e. The fourth-order valence-electron chi connectivity index (χ4n) is 4.20. The molecule has 2 N–H and O–H groups in total. The highest BCUT2D eigenvalue weighted by atomic mass is 16.2. The van der Waals surface area contributed by atoms with Crippen LogP contribution in [0.25, 0.3) is 11.0 Å². The molecule has 9 heteroatoms. The van der Waals surface area contributed by atoms with Crippen LogP contribution in [0.15, 0.2) is 54.6 Å². The zero-order chi connectivity index (χ0) is 23.8. The predicted octanol–water partition coefficient (Wildman–Crippen LogP) is 1.85. The van der Waals surface area contributed by atoms with E-state index in [0.29, 0.717) is 43.5 Å². The average molecular weight is 463 g/mol. The first-order valence-corrected chi connectivity index (χ1v) is 11.7. The first kappa shape index (κ1) is 23.4. The van der Waals surface area contributed by atoms with E-state index in [1.807, 2.05) is 42.5 Å². The quantitative estimate of drug-likeness (QED) is 0.618. The number of amides is 3. The van der Waals surface area contributed by atoms with Gasteiger partial charge in [0.15, 0.2) is 0 Å². The number of carbonyl (C=O) groups is 3. The van der Waals surface area contributed by atoms with Crippen molar-refractivity contribution in [3.05, 3.63) is 60.2 Å². The third kappa shape index (κ3) is 6.40. The third-order valence-electron chi connectivity index (χ3n) is 6.02. The first-order chi connectivity index (χ1) is 16.6. The average Bonchev–Trinajstić information content (AvgIpc) is 3.25. The van der Waals surface area contributed by atoms with Gasteiger partial charge in [-0.25, -0.2) is 0 Å². The van der Waals surface area contributed by atoms with Gasteiger partial charge in [0.2, 0.25) is 17.7 Å². The van der Waals surface area contributed by atoms with Crippen molar-refractivity contribution in [1.82, 2.24) is 30.5 Å². The lowest BCUT2D eigenvalue weighted by Gasteiger charge is -2.23. The van der Waals surface area contributed by atoms with Crippen LogP contribution in [0, 0.1) is 0 Å². The number of rotatable bonds is 3. The molecule has 1 aliphatic rings. The van der Waals surface area contributed by atoms with E-state index in [1.54, 1.807) is 0 Å². The summed E-state index contributed by atoms with van der Waals surface area (Å²) in [6, 6.07) is 17.5. The van der Waals surface area contributed by atoms with Gasteiger partial charge in [-0.3, -0.25) is 14.4 Å². The summed E-state index contributed by atoms with van der Waals surface area (Å²) in [4.78, 5) is 40.8. The van der Waals surface area contributed by atoms with Crippen molar-refractivity contribution < 1.29 is 14.4 Å². The lowest BCUT2D eigenvalue weighted by Crippen LogP contribution is -2.44. The molecule has 1 saturated heterocycles. The minimum atomic E-state index is -0.240. The third-order valence-corrected chi connectivity index (χ3v) is 6.02. The minimum absolute atomic E-state index is 0.00679. The monoisotopic (exact) mass is 462 g/mol. The minimum Gasteiger partial charge on any atom is -0.356 e. The van der Waals surface area contributed by atoms with Gasteiger partial charge in [0, 0.05) is 26.1 Å². The Bertz CT molecular complexity index is 1100. The normalized spacial score (nSPS) is 18.7. The van der Waals surface area contributed by atoms with Gasteiger partial charge in [-0.15, -0.1) is 0 Å². The van der Waals surface area contributed by atoms with Gasteiger partial charge in [-0.2, -0.15) is 15.0 Å². The lowest BCUT2D eigenvalue weighted by atomic mass is 9.91. The molecule has 178 valence electrons. The molecule has 1 unspecified atom stereocenters. The summed E-state index contributed by atoms with van der Waals surface area (Å²) in [5.41, 5.74) is 2.59.